The van der Waals surface area contributed by atoms with E-state index in [0.717, 1.165) is 9.75 Å². The number of hydrogen-bond acceptors (Lipinski definition) is 6. The fraction of sp³-hybridized carbons (Fsp3) is 0.353. The van der Waals surface area contributed by atoms with Gasteiger partial charge in [-0.1, -0.05) is 0 Å². The van der Waals surface area contributed by atoms with Gasteiger partial charge in [-0.15, -0.1) is 22.7 Å². The highest BCUT2D eigenvalue weighted by molar-refractivity contribution is 7.91. The second-order valence-corrected chi connectivity index (χ2v) is 10.4. The Morgan fingerprint density at radius 3 is 2.69 bits per heavy atom. The third-order valence-electron chi connectivity index (χ3n) is 3.80. The van der Waals surface area contributed by atoms with E-state index in [2.05, 4.69) is 5.32 Å². The number of sulfonamides is 1. The highest BCUT2D eigenvalue weighted by atomic mass is 32.2. The topological polar surface area (TPSA) is 75.7 Å². The van der Waals surface area contributed by atoms with Crippen LogP contribution in [0.2, 0.25) is 0 Å². The Morgan fingerprint density at radius 1 is 1.23 bits per heavy atom. The van der Waals surface area contributed by atoms with E-state index in [4.69, 9.17) is 4.74 Å². The predicted molar refractivity (Wildman–Crippen MR) is 104 cm³/mol. The lowest BCUT2D eigenvalue weighted by molar-refractivity contribution is -0.116. The van der Waals surface area contributed by atoms with Gasteiger partial charge in [-0.05, 0) is 37.3 Å². The number of morpholine rings is 1. The van der Waals surface area contributed by atoms with Gasteiger partial charge < -0.3 is 10.1 Å². The van der Waals surface area contributed by atoms with Crippen LogP contribution in [0, 0.1) is 6.92 Å². The lowest BCUT2D eigenvalue weighted by Gasteiger charge is -2.25. The van der Waals surface area contributed by atoms with Gasteiger partial charge in [-0.3, -0.25) is 4.79 Å². The molecule has 1 aliphatic heterocycles. The lowest BCUT2D eigenvalue weighted by atomic mass is 10.4. The van der Waals surface area contributed by atoms with Crippen molar-refractivity contribution in [3.8, 4) is 0 Å². The monoisotopic (exact) mass is 412 g/mol. The highest BCUT2D eigenvalue weighted by Gasteiger charge is 2.27. The molecule has 0 radical (unpaired) electrons. The van der Waals surface area contributed by atoms with E-state index in [1.807, 2.05) is 19.1 Å². The first-order chi connectivity index (χ1) is 12.4. The molecule has 26 heavy (non-hydrogen) atoms. The van der Waals surface area contributed by atoms with Gasteiger partial charge in [-0.25, -0.2) is 8.42 Å². The Kier molecular flexibility index (Phi) is 6.25. The molecule has 1 fully saturated rings. The molecule has 3 heterocycles. The molecular formula is C17H20N2O4S3. The number of aryl methyl sites for hydroxylation is 1. The van der Waals surface area contributed by atoms with E-state index in [1.165, 1.54) is 26.6 Å². The molecule has 1 amide bonds. The molecule has 6 nitrogen and oxygen atoms in total. The van der Waals surface area contributed by atoms with Crippen LogP contribution in [0.25, 0.3) is 6.08 Å². The van der Waals surface area contributed by atoms with Crippen LogP contribution in [0.1, 0.15) is 14.6 Å². The van der Waals surface area contributed by atoms with Crippen LogP contribution in [0.3, 0.4) is 0 Å². The van der Waals surface area contributed by atoms with Crippen molar-refractivity contribution in [3.05, 3.63) is 45.0 Å². The minimum Gasteiger partial charge on any atom is -0.379 e. The van der Waals surface area contributed by atoms with Crippen molar-refractivity contribution in [3.63, 3.8) is 0 Å². The molecule has 0 aromatic carbocycles. The maximum absolute atomic E-state index is 12.6. The van der Waals surface area contributed by atoms with E-state index in [0.29, 0.717) is 37.1 Å². The van der Waals surface area contributed by atoms with Crippen LogP contribution >= 0.6 is 22.7 Å². The Labute approximate surface area is 161 Å². The molecule has 2 aromatic rings. The molecule has 0 unspecified atom stereocenters. The van der Waals surface area contributed by atoms with Gasteiger partial charge in [0.25, 0.3) is 10.0 Å². The first kappa shape index (κ1) is 19.2. The third-order valence-corrected chi connectivity index (χ3v) is 8.22. The number of nitrogens with one attached hydrogen (secondary N) is 1. The van der Waals surface area contributed by atoms with Crippen LogP contribution in [0.4, 0.5) is 0 Å². The zero-order valence-corrected chi connectivity index (χ0v) is 16.8. The molecular weight excluding hydrogens is 392 g/mol. The molecule has 0 atom stereocenters. The maximum Gasteiger partial charge on any atom is 0.252 e. The van der Waals surface area contributed by atoms with E-state index in [9.17, 15) is 13.2 Å². The van der Waals surface area contributed by atoms with E-state index in [1.54, 1.807) is 29.5 Å². The fourth-order valence-corrected chi connectivity index (χ4v) is 6.08. The highest BCUT2D eigenvalue weighted by Crippen LogP contribution is 2.25. The average molecular weight is 413 g/mol. The molecule has 2 aromatic heterocycles. The number of amides is 1. The van der Waals surface area contributed by atoms with Crippen molar-refractivity contribution in [2.45, 2.75) is 17.7 Å². The van der Waals surface area contributed by atoms with Crippen LogP contribution < -0.4 is 5.32 Å². The lowest BCUT2D eigenvalue weighted by Crippen LogP contribution is -2.40. The van der Waals surface area contributed by atoms with Crippen molar-refractivity contribution in [2.24, 2.45) is 0 Å². The maximum atomic E-state index is 12.6. The Balaban J connectivity index is 1.56. The number of thiophene rings is 2. The number of rotatable bonds is 6. The molecule has 1 N–H and O–H groups in total. The van der Waals surface area contributed by atoms with Gasteiger partial charge in [0.15, 0.2) is 0 Å². The summed E-state index contributed by atoms with van der Waals surface area (Å²) >= 11 is 2.80. The quantitative estimate of drug-likeness (QED) is 0.740. The Morgan fingerprint density at radius 2 is 2.00 bits per heavy atom. The van der Waals surface area contributed by atoms with Crippen LogP contribution in [-0.2, 0) is 26.1 Å². The molecule has 1 aliphatic rings. The van der Waals surface area contributed by atoms with Gasteiger partial charge in [-0.2, -0.15) is 4.31 Å². The average Bonchev–Trinajstić information content (AvgIpc) is 3.28. The number of nitrogens with zero attached hydrogens (tertiary/aromatic N) is 1. The Bertz CT molecular complexity index is 893. The SMILES string of the molecule is Cc1ccc(C=CC(=O)NCc2ccc(S(=O)(=O)N3CCOCC3)s2)s1. The van der Waals surface area contributed by atoms with Crippen molar-refractivity contribution >= 4 is 44.7 Å². The number of carbonyl (C=O) groups is 1. The summed E-state index contributed by atoms with van der Waals surface area (Å²) in [6.07, 6.45) is 3.26. The van der Waals surface area contributed by atoms with Crippen molar-refractivity contribution in [1.82, 2.24) is 9.62 Å². The molecule has 1 saturated heterocycles. The van der Waals surface area contributed by atoms with Crippen LogP contribution in [0.5, 0.6) is 0 Å². The molecule has 0 saturated carbocycles. The molecule has 0 aliphatic carbocycles. The van der Waals surface area contributed by atoms with Gasteiger partial charge in [0.2, 0.25) is 5.91 Å². The summed E-state index contributed by atoms with van der Waals surface area (Å²) in [6, 6.07) is 7.31. The van der Waals surface area contributed by atoms with Crippen molar-refractivity contribution in [1.29, 1.82) is 0 Å². The molecule has 9 heteroatoms. The first-order valence-corrected chi connectivity index (χ1v) is 11.2. The summed E-state index contributed by atoms with van der Waals surface area (Å²) in [6.45, 7) is 3.91. The predicted octanol–water partition coefficient (Wildman–Crippen LogP) is 2.47. The third kappa shape index (κ3) is 4.80. The largest absolute Gasteiger partial charge is 0.379 e. The summed E-state index contributed by atoms with van der Waals surface area (Å²) in [5.74, 6) is -0.206. The number of hydrogen-bond donors (Lipinski definition) is 1. The summed E-state index contributed by atoms with van der Waals surface area (Å²) in [7, 11) is -3.48. The van der Waals surface area contributed by atoms with E-state index < -0.39 is 10.0 Å². The fourth-order valence-electron chi connectivity index (χ4n) is 2.44. The Hall–Kier alpha value is -1.52. The zero-order valence-electron chi connectivity index (χ0n) is 14.3. The van der Waals surface area contributed by atoms with Gasteiger partial charge >= 0.3 is 0 Å². The smallest absolute Gasteiger partial charge is 0.252 e. The van der Waals surface area contributed by atoms with Crippen molar-refractivity contribution in [2.75, 3.05) is 26.3 Å². The summed E-state index contributed by atoms with van der Waals surface area (Å²) < 4.78 is 32.1. The molecule has 0 spiro atoms. The second-order valence-electron chi connectivity index (χ2n) is 5.74. The standard InChI is InChI=1S/C17H20N2O4S3/c1-13-2-3-14(24-13)4-6-16(20)18-12-15-5-7-17(25-15)26(21,22)19-8-10-23-11-9-19/h2-7H,8-12H2,1H3,(H,18,20). The van der Waals surface area contributed by atoms with Crippen molar-refractivity contribution < 1.29 is 17.9 Å². The number of carbonyl (C=O) groups excluding carboxylic acids is 1. The minimum atomic E-state index is -3.48. The summed E-state index contributed by atoms with van der Waals surface area (Å²) in [5, 5.41) is 2.78. The summed E-state index contributed by atoms with van der Waals surface area (Å²) in [4.78, 5) is 14.9. The number of ether oxygens (including phenoxy) is 1. The first-order valence-electron chi connectivity index (χ1n) is 8.14. The summed E-state index contributed by atoms with van der Waals surface area (Å²) in [5.41, 5.74) is 0. The van der Waals surface area contributed by atoms with E-state index in [-0.39, 0.29) is 5.91 Å². The van der Waals surface area contributed by atoms with Crippen LogP contribution in [0.15, 0.2) is 34.6 Å². The van der Waals surface area contributed by atoms with Gasteiger partial charge in [0.1, 0.15) is 4.21 Å². The van der Waals surface area contributed by atoms with Gasteiger partial charge in [0, 0.05) is 33.8 Å². The second kappa shape index (κ2) is 8.45. The normalized spacial score (nSPS) is 16.2. The molecule has 140 valence electrons. The van der Waals surface area contributed by atoms with Gasteiger partial charge in [0.05, 0.1) is 19.8 Å². The molecule has 0 bridgehead atoms. The minimum absolute atomic E-state index is 0.206. The van der Waals surface area contributed by atoms with Crippen LogP contribution in [-0.4, -0.2) is 44.9 Å². The molecule has 3 rings (SSSR count). The van der Waals surface area contributed by atoms with E-state index >= 15 is 0 Å². The zero-order chi connectivity index (χ0) is 18.6.